The lowest BCUT2D eigenvalue weighted by atomic mass is 9.93. The van der Waals surface area contributed by atoms with E-state index in [0.29, 0.717) is 13.1 Å². The summed E-state index contributed by atoms with van der Waals surface area (Å²) in [5.41, 5.74) is 5.65. The Kier molecular flexibility index (Phi) is 4.98. The lowest BCUT2D eigenvalue weighted by molar-refractivity contribution is -0.138. The molecule has 1 amide bonds. The van der Waals surface area contributed by atoms with Crippen molar-refractivity contribution in [3.05, 3.63) is 0 Å². The van der Waals surface area contributed by atoms with E-state index in [2.05, 4.69) is 5.92 Å². The summed E-state index contributed by atoms with van der Waals surface area (Å²) in [6, 6.07) is -0.629. The predicted molar refractivity (Wildman–Crippen MR) is 63.0 cm³/mol. The van der Waals surface area contributed by atoms with E-state index < -0.39 is 12.0 Å². The molecule has 94 valence electrons. The topological polar surface area (TPSA) is 83.6 Å². The molecule has 1 unspecified atom stereocenters. The minimum Gasteiger partial charge on any atom is -0.481 e. The highest BCUT2D eigenvalue weighted by molar-refractivity contribution is 5.82. The van der Waals surface area contributed by atoms with Gasteiger partial charge in [0.2, 0.25) is 5.91 Å². The van der Waals surface area contributed by atoms with E-state index in [9.17, 15) is 9.59 Å². The van der Waals surface area contributed by atoms with Gasteiger partial charge in [-0.15, -0.1) is 12.3 Å². The monoisotopic (exact) mass is 238 g/mol. The zero-order valence-corrected chi connectivity index (χ0v) is 9.76. The number of nitrogens with two attached hydrogens (primary N) is 1. The maximum absolute atomic E-state index is 11.8. The van der Waals surface area contributed by atoms with Crippen molar-refractivity contribution in [2.45, 2.75) is 31.7 Å². The molecular formula is C12H18N2O3. The first-order valence-electron chi connectivity index (χ1n) is 5.74. The van der Waals surface area contributed by atoms with Gasteiger partial charge in [-0.3, -0.25) is 9.59 Å². The Labute approximate surface area is 101 Å². The van der Waals surface area contributed by atoms with Crippen molar-refractivity contribution >= 4 is 11.9 Å². The quantitative estimate of drug-likeness (QED) is 0.678. The van der Waals surface area contributed by atoms with Crippen LogP contribution in [0.1, 0.15) is 25.7 Å². The molecule has 5 heteroatoms. The number of rotatable bonds is 4. The molecule has 1 fully saturated rings. The van der Waals surface area contributed by atoms with Crippen LogP contribution >= 0.6 is 0 Å². The van der Waals surface area contributed by atoms with Gasteiger partial charge in [0.1, 0.15) is 0 Å². The van der Waals surface area contributed by atoms with Crippen LogP contribution in [0.15, 0.2) is 0 Å². The Balaban J connectivity index is 2.39. The fourth-order valence-corrected chi connectivity index (χ4v) is 2.05. The van der Waals surface area contributed by atoms with E-state index in [4.69, 9.17) is 17.3 Å². The molecule has 0 aromatic heterocycles. The number of carbonyl (C=O) groups is 2. The number of hydrogen-bond acceptors (Lipinski definition) is 3. The Bertz CT molecular complexity index is 327. The largest absolute Gasteiger partial charge is 0.481 e. The van der Waals surface area contributed by atoms with E-state index in [1.807, 2.05) is 0 Å². The fraction of sp³-hybridized carbons (Fsp3) is 0.667. The van der Waals surface area contributed by atoms with Gasteiger partial charge < -0.3 is 15.7 Å². The molecule has 3 N–H and O–H groups in total. The lowest BCUT2D eigenvalue weighted by Gasteiger charge is -2.32. The van der Waals surface area contributed by atoms with Crippen molar-refractivity contribution in [2.24, 2.45) is 11.7 Å². The zero-order valence-electron chi connectivity index (χ0n) is 9.76. The van der Waals surface area contributed by atoms with Gasteiger partial charge in [0.05, 0.1) is 6.04 Å². The van der Waals surface area contributed by atoms with Crippen molar-refractivity contribution in [3.8, 4) is 12.3 Å². The Hall–Kier alpha value is -1.54. The molecule has 1 atom stereocenters. The third-order valence-electron chi connectivity index (χ3n) is 3.04. The molecule has 1 aliphatic rings. The summed E-state index contributed by atoms with van der Waals surface area (Å²) in [5, 5.41) is 8.68. The lowest BCUT2D eigenvalue weighted by Crippen LogP contribution is -2.47. The molecule has 17 heavy (non-hydrogen) atoms. The van der Waals surface area contributed by atoms with Crippen LogP contribution in [0.2, 0.25) is 0 Å². The molecule has 1 rings (SSSR count). The Morgan fingerprint density at radius 3 is 2.53 bits per heavy atom. The highest BCUT2D eigenvalue weighted by Crippen LogP contribution is 2.20. The van der Waals surface area contributed by atoms with Crippen molar-refractivity contribution in [3.63, 3.8) is 0 Å². The first-order chi connectivity index (χ1) is 8.04. The standard InChI is InChI=1S/C12H18N2O3/c1-2-3-10(13)12(17)14-6-4-9(5-7-14)8-11(15)16/h1,9-10H,3-8,13H2,(H,15,16). The number of hydrogen-bond donors (Lipinski definition) is 2. The van der Waals surface area contributed by atoms with Gasteiger partial charge in [-0.05, 0) is 18.8 Å². The van der Waals surface area contributed by atoms with Crippen LogP contribution in [-0.2, 0) is 9.59 Å². The normalized spacial score (nSPS) is 18.5. The summed E-state index contributed by atoms with van der Waals surface area (Å²) >= 11 is 0. The molecule has 0 aromatic rings. The number of likely N-dealkylation sites (tertiary alicyclic amines) is 1. The van der Waals surface area contributed by atoms with Crippen LogP contribution < -0.4 is 5.73 Å². The van der Waals surface area contributed by atoms with Crippen molar-refractivity contribution in [1.29, 1.82) is 0 Å². The third-order valence-corrected chi connectivity index (χ3v) is 3.04. The summed E-state index contributed by atoms with van der Waals surface area (Å²) in [7, 11) is 0. The molecule has 0 aliphatic carbocycles. The number of amides is 1. The van der Waals surface area contributed by atoms with E-state index in [1.54, 1.807) is 4.90 Å². The maximum atomic E-state index is 11.8. The predicted octanol–water partition coefficient (Wildman–Crippen LogP) is 0.0503. The average molecular weight is 238 g/mol. The number of piperidine rings is 1. The number of nitrogens with zero attached hydrogens (tertiary/aromatic N) is 1. The smallest absolute Gasteiger partial charge is 0.303 e. The number of carboxylic acids is 1. The van der Waals surface area contributed by atoms with Crippen LogP contribution in [0.5, 0.6) is 0 Å². The number of terminal acetylenes is 1. The highest BCUT2D eigenvalue weighted by Gasteiger charge is 2.26. The molecule has 0 spiro atoms. The summed E-state index contributed by atoms with van der Waals surface area (Å²) in [6.45, 7) is 1.16. The maximum Gasteiger partial charge on any atom is 0.303 e. The highest BCUT2D eigenvalue weighted by atomic mass is 16.4. The van der Waals surface area contributed by atoms with Crippen LogP contribution in [0.3, 0.4) is 0 Å². The molecule has 1 saturated heterocycles. The minimum absolute atomic E-state index is 0.128. The third kappa shape index (κ3) is 4.08. The summed E-state index contributed by atoms with van der Waals surface area (Å²) in [4.78, 5) is 24.0. The van der Waals surface area contributed by atoms with E-state index in [1.165, 1.54) is 0 Å². The molecular weight excluding hydrogens is 220 g/mol. The summed E-state index contributed by atoms with van der Waals surface area (Å²) < 4.78 is 0. The van der Waals surface area contributed by atoms with Gasteiger partial charge >= 0.3 is 5.97 Å². The van der Waals surface area contributed by atoms with Crippen LogP contribution in [-0.4, -0.2) is 41.0 Å². The van der Waals surface area contributed by atoms with Crippen molar-refractivity contribution < 1.29 is 14.7 Å². The van der Waals surface area contributed by atoms with Gasteiger partial charge in [0, 0.05) is 25.9 Å². The van der Waals surface area contributed by atoms with E-state index in [-0.39, 0.29) is 24.7 Å². The molecule has 0 aromatic carbocycles. The first-order valence-corrected chi connectivity index (χ1v) is 5.74. The summed E-state index contributed by atoms with van der Waals surface area (Å²) in [5.74, 6) is 1.63. The van der Waals surface area contributed by atoms with E-state index in [0.717, 1.165) is 12.8 Å². The van der Waals surface area contributed by atoms with Crippen LogP contribution in [0.25, 0.3) is 0 Å². The van der Waals surface area contributed by atoms with Gasteiger partial charge in [-0.1, -0.05) is 0 Å². The average Bonchev–Trinajstić information content (AvgIpc) is 2.28. The number of carboxylic acid groups (broad SMARTS) is 1. The second kappa shape index (κ2) is 6.26. The molecule has 1 aliphatic heterocycles. The fourth-order valence-electron chi connectivity index (χ4n) is 2.05. The van der Waals surface area contributed by atoms with Crippen LogP contribution in [0.4, 0.5) is 0 Å². The zero-order chi connectivity index (χ0) is 12.8. The molecule has 0 bridgehead atoms. The first kappa shape index (κ1) is 13.5. The van der Waals surface area contributed by atoms with Crippen molar-refractivity contribution in [1.82, 2.24) is 4.90 Å². The molecule has 1 heterocycles. The molecule has 0 radical (unpaired) electrons. The summed E-state index contributed by atoms with van der Waals surface area (Å²) in [6.07, 6.45) is 6.98. The van der Waals surface area contributed by atoms with Gasteiger partial charge in [0.15, 0.2) is 0 Å². The van der Waals surface area contributed by atoms with Crippen LogP contribution in [0, 0.1) is 18.3 Å². The number of carbonyl (C=O) groups excluding carboxylic acids is 1. The molecule has 0 saturated carbocycles. The Morgan fingerprint density at radius 2 is 2.06 bits per heavy atom. The van der Waals surface area contributed by atoms with E-state index >= 15 is 0 Å². The number of aliphatic carboxylic acids is 1. The van der Waals surface area contributed by atoms with Crippen molar-refractivity contribution in [2.75, 3.05) is 13.1 Å². The second-order valence-electron chi connectivity index (χ2n) is 4.38. The van der Waals surface area contributed by atoms with Gasteiger partial charge in [-0.25, -0.2) is 0 Å². The second-order valence-corrected chi connectivity index (χ2v) is 4.38. The minimum atomic E-state index is -0.779. The Morgan fingerprint density at radius 1 is 1.47 bits per heavy atom. The van der Waals surface area contributed by atoms with Gasteiger partial charge in [0.25, 0.3) is 0 Å². The van der Waals surface area contributed by atoms with Gasteiger partial charge in [-0.2, -0.15) is 0 Å². The SMILES string of the molecule is C#CCC(N)C(=O)N1CCC(CC(=O)O)CC1. The molecule has 5 nitrogen and oxygen atoms in total.